The van der Waals surface area contributed by atoms with Crippen LogP contribution >= 0.6 is 0 Å². The molecule has 106 valence electrons. The summed E-state index contributed by atoms with van der Waals surface area (Å²) in [6, 6.07) is 12.9. The van der Waals surface area contributed by atoms with Crippen LogP contribution in [0, 0.1) is 0 Å². The zero-order chi connectivity index (χ0) is 14.6. The Labute approximate surface area is 117 Å². The molecule has 2 aromatic carbocycles. The number of ether oxygens (including phenoxy) is 1. The van der Waals surface area contributed by atoms with Gasteiger partial charge in [-0.05, 0) is 23.8 Å². The van der Waals surface area contributed by atoms with Gasteiger partial charge in [-0.25, -0.2) is 8.42 Å². The van der Waals surface area contributed by atoms with Crippen LogP contribution < -0.4 is 9.46 Å². The smallest absolute Gasteiger partial charge is 0.262 e. The summed E-state index contributed by atoms with van der Waals surface area (Å²) in [5, 5.41) is 9.22. The standard InChI is InChI=1S/C14H15NO4S/c1-19-13-7-4-6-12(9-13)15-20(17,18)14-8-3-2-5-11(14)10-16/h2-9,15-16H,10H2,1H3. The van der Waals surface area contributed by atoms with E-state index in [0.29, 0.717) is 17.0 Å². The van der Waals surface area contributed by atoms with Crippen LogP contribution in [0.3, 0.4) is 0 Å². The molecule has 6 heteroatoms. The van der Waals surface area contributed by atoms with E-state index in [2.05, 4.69) is 4.72 Å². The topological polar surface area (TPSA) is 75.6 Å². The normalized spacial score (nSPS) is 11.1. The minimum Gasteiger partial charge on any atom is -0.497 e. The minimum absolute atomic E-state index is 0.0605. The van der Waals surface area contributed by atoms with E-state index in [1.165, 1.54) is 13.2 Å². The molecule has 0 fully saturated rings. The third-order valence-corrected chi connectivity index (χ3v) is 4.24. The van der Waals surface area contributed by atoms with Crippen molar-refractivity contribution in [3.8, 4) is 5.75 Å². The Morgan fingerprint density at radius 1 is 1.15 bits per heavy atom. The lowest BCUT2D eigenvalue weighted by molar-refractivity contribution is 0.278. The fourth-order valence-electron chi connectivity index (χ4n) is 1.79. The van der Waals surface area contributed by atoms with Gasteiger partial charge in [0, 0.05) is 6.07 Å². The molecule has 2 N–H and O–H groups in total. The minimum atomic E-state index is -3.75. The Morgan fingerprint density at radius 2 is 1.90 bits per heavy atom. The first-order chi connectivity index (χ1) is 9.56. The second kappa shape index (κ2) is 5.94. The molecule has 2 rings (SSSR count). The van der Waals surface area contributed by atoms with E-state index in [4.69, 9.17) is 4.74 Å². The van der Waals surface area contributed by atoms with Gasteiger partial charge in [-0.1, -0.05) is 24.3 Å². The summed E-state index contributed by atoms with van der Waals surface area (Å²) in [5.41, 5.74) is 0.750. The van der Waals surface area contributed by atoms with E-state index in [0.717, 1.165) is 0 Å². The van der Waals surface area contributed by atoms with Crippen LogP contribution in [0.4, 0.5) is 5.69 Å². The average molecular weight is 293 g/mol. The van der Waals surface area contributed by atoms with Crippen LogP contribution in [0.5, 0.6) is 5.75 Å². The van der Waals surface area contributed by atoms with Gasteiger partial charge in [0.2, 0.25) is 0 Å². The highest BCUT2D eigenvalue weighted by Gasteiger charge is 2.17. The summed E-state index contributed by atoms with van der Waals surface area (Å²) >= 11 is 0. The van der Waals surface area contributed by atoms with E-state index in [1.54, 1.807) is 42.5 Å². The third kappa shape index (κ3) is 3.09. The quantitative estimate of drug-likeness (QED) is 0.884. The molecule has 0 bridgehead atoms. The van der Waals surface area contributed by atoms with Crippen molar-refractivity contribution >= 4 is 15.7 Å². The molecule has 0 radical (unpaired) electrons. The molecule has 0 amide bonds. The number of benzene rings is 2. The van der Waals surface area contributed by atoms with Gasteiger partial charge in [-0.3, -0.25) is 4.72 Å². The lowest BCUT2D eigenvalue weighted by Crippen LogP contribution is -2.15. The molecule has 0 saturated heterocycles. The van der Waals surface area contributed by atoms with Crippen molar-refractivity contribution in [2.75, 3.05) is 11.8 Å². The number of anilines is 1. The van der Waals surface area contributed by atoms with Crippen LogP contribution in [0.15, 0.2) is 53.4 Å². The molecule has 0 atom stereocenters. The molecule has 0 aliphatic heterocycles. The summed E-state index contributed by atoms with van der Waals surface area (Å²) in [6.45, 7) is -0.338. The fourth-order valence-corrected chi connectivity index (χ4v) is 3.08. The molecule has 0 spiro atoms. The molecule has 0 unspecified atom stereocenters. The van der Waals surface area contributed by atoms with Crippen LogP contribution in [0.1, 0.15) is 5.56 Å². The van der Waals surface area contributed by atoms with Gasteiger partial charge >= 0.3 is 0 Å². The molecular weight excluding hydrogens is 278 g/mol. The molecule has 0 aromatic heterocycles. The molecule has 20 heavy (non-hydrogen) atoms. The predicted molar refractivity (Wildman–Crippen MR) is 76.2 cm³/mol. The van der Waals surface area contributed by atoms with E-state index in [-0.39, 0.29) is 11.5 Å². The maximum absolute atomic E-state index is 12.3. The SMILES string of the molecule is COc1cccc(NS(=O)(=O)c2ccccc2CO)c1. The monoisotopic (exact) mass is 293 g/mol. The van der Waals surface area contributed by atoms with Crippen molar-refractivity contribution in [1.29, 1.82) is 0 Å². The molecule has 5 nitrogen and oxygen atoms in total. The summed E-state index contributed by atoms with van der Waals surface area (Å²) in [7, 11) is -2.24. The molecule has 0 heterocycles. The van der Waals surface area contributed by atoms with Crippen molar-refractivity contribution in [3.63, 3.8) is 0 Å². The first kappa shape index (κ1) is 14.4. The number of sulfonamides is 1. The largest absolute Gasteiger partial charge is 0.497 e. The Kier molecular flexibility index (Phi) is 4.26. The van der Waals surface area contributed by atoms with Crippen LogP contribution in [0.2, 0.25) is 0 Å². The van der Waals surface area contributed by atoms with E-state index in [9.17, 15) is 13.5 Å². The Balaban J connectivity index is 2.35. The Bertz CT molecular complexity index is 698. The average Bonchev–Trinajstić information content (AvgIpc) is 2.47. The van der Waals surface area contributed by atoms with Crippen molar-refractivity contribution < 1.29 is 18.3 Å². The lowest BCUT2D eigenvalue weighted by Gasteiger charge is -2.11. The van der Waals surface area contributed by atoms with Crippen LogP contribution in [-0.4, -0.2) is 20.6 Å². The summed E-state index contributed by atoms with van der Waals surface area (Å²) in [6.07, 6.45) is 0. The highest BCUT2D eigenvalue weighted by Crippen LogP contribution is 2.22. The van der Waals surface area contributed by atoms with Crippen molar-refractivity contribution in [2.45, 2.75) is 11.5 Å². The highest BCUT2D eigenvalue weighted by molar-refractivity contribution is 7.92. The number of hydrogen-bond donors (Lipinski definition) is 2. The Morgan fingerprint density at radius 3 is 2.60 bits per heavy atom. The maximum atomic E-state index is 12.3. The molecule has 0 aliphatic carbocycles. The second-order valence-electron chi connectivity index (χ2n) is 4.10. The fraction of sp³-hybridized carbons (Fsp3) is 0.143. The van der Waals surface area contributed by atoms with Gasteiger partial charge in [-0.2, -0.15) is 0 Å². The van der Waals surface area contributed by atoms with Crippen LogP contribution in [0.25, 0.3) is 0 Å². The zero-order valence-electron chi connectivity index (χ0n) is 10.9. The Hall–Kier alpha value is -2.05. The molecule has 2 aromatic rings. The predicted octanol–water partition coefficient (Wildman–Crippen LogP) is 1.99. The maximum Gasteiger partial charge on any atom is 0.262 e. The van der Waals surface area contributed by atoms with E-state index in [1.807, 2.05) is 0 Å². The van der Waals surface area contributed by atoms with Crippen molar-refractivity contribution in [3.05, 3.63) is 54.1 Å². The number of rotatable bonds is 5. The zero-order valence-corrected chi connectivity index (χ0v) is 11.7. The van der Waals surface area contributed by atoms with Gasteiger partial charge in [0.25, 0.3) is 10.0 Å². The van der Waals surface area contributed by atoms with Crippen molar-refractivity contribution in [1.82, 2.24) is 0 Å². The van der Waals surface area contributed by atoms with Crippen LogP contribution in [-0.2, 0) is 16.6 Å². The number of methoxy groups -OCH3 is 1. The van der Waals surface area contributed by atoms with Crippen molar-refractivity contribution in [2.24, 2.45) is 0 Å². The highest BCUT2D eigenvalue weighted by atomic mass is 32.2. The number of aliphatic hydroxyl groups is 1. The summed E-state index contributed by atoms with van der Waals surface area (Å²) < 4.78 is 32.1. The molecule has 0 saturated carbocycles. The van der Waals surface area contributed by atoms with Gasteiger partial charge in [0.05, 0.1) is 24.3 Å². The molecule has 0 aliphatic rings. The summed E-state index contributed by atoms with van der Waals surface area (Å²) in [4.78, 5) is 0.0605. The van der Waals surface area contributed by atoms with Gasteiger partial charge in [0.15, 0.2) is 0 Å². The van der Waals surface area contributed by atoms with E-state index < -0.39 is 10.0 Å². The molecular formula is C14H15NO4S. The number of hydrogen-bond acceptors (Lipinski definition) is 4. The van der Waals surface area contributed by atoms with Gasteiger partial charge in [0.1, 0.15) is 5.75 Å². The first-order valence-corrected chi connectivity index (χ1v) is 7.41. The third-order valence-electron chi connectivity index (χ3n) is 2.75. The lowest BCUT2D eigenvalue weighted by atomic mass is 10.2. The number of nitrogens with one attached hydrogen (secondary N) is 1. The first-order valence-electron chi connectivity index (χ1n) is 5.92. The van der Waals surface area contributed by atoms with Gasteiger partial charge < -0.3 is 9.84 Å². The van der Waals surface area contributed by atoms with E-state index >= 15 is 0 Å². The van der Waals surface area contributed by atoms with Gasteiger partial charge in [-0.15, -0.1) is 0 Å². The second-order valence-corrected chi connectivity index (χ2v) is 5.75. The summed E-state index contributed by atoms with van der Waals surface area (Å²) in [5.74, 6) is 0.556. The number of aliphatic hydroxyl groups excluding tert-OH is 1.